The molecule has 0 fully saturated rings. The van der Waals surface area contributed by atoms with E-state index in [1.165, 1.54) is 23.5 Å². The van der Waals surface area contributed by atoms with Crippen LogP contribution >= 0.6 is 46.8 Å². The molecule has 3 N–H and O–H groups in total. The number of rotatable bonds is 5. The predicted octanol–water partition coefficient (Wildman–Crippen LogP) is 8.07. The fraction of sp³-hybridized carbons (Fsp3) is 0.0357. The molecule has 5 rings (SSSR count). The molecule has 0 radical (unpaired) electrons. The second-order valence-electron chi connectivity index (χ2n) is 8.26. The van der Waals surface area contributed by atoms with Crippen LogP contribution < -0.4 is 10.6 Å². The number of carbonyl (C=O) groups excluding carboxylic acids is 1. The summed E-state index contributed by atoms with van der Waals surface area (Å²) in [4.78, 5) is 17.1. The number of hydrogen-bond acceptors (Lipinski definition) is 6. The summed E-state index contributed by atoms with van der Waals surface area (Å²) in [7, 11) is 0. The lowest BCUT2D eigenvalue weighted by atomic mass is 10.1. The van der Waals surface area contributed by atoms with Crippen molar-refractivity contribution in [2.24, 2.45) is 0 Å². The Morgan fingerprint density at radius 3 is 2.71 bits per heavy atom. The molecule has 5 aromatic rings. The number of benzene rings is 3. The molecule has 0 saturated carbocycles. The standard InChI is InChI=1S/C28H19Cl2N3O3S2/c1-15-13-16(14-19(26(15)35)27-32-21-7-2-3-8-23(21)38-27)31-28(37)33-24(34)12-10-17-9-11-22(36-17)18-5-4-6-20(29)25(18)30/h2-14,35H,1H3,(H2,31,33,34,37). The first kappa shape index (κ1) is 25.9. The van der Waals surface area contributed by atoms with Crippen molar-refractivity contribution in [3.05, 3.63) is 94.2 Å². The molecule has 2 aromatic heterocycles. The Balaban J connectivity index is 1.26. The number of anilines is 1. The normalized spacial score (nSPS) is 11.2. The lowest BCUT2D eigenvalue weighted by Crippen LogP contribution is -2.32. The van der Waals surface area contributed by atoms with Gasteiger partial charge >= 0.3 is 0 Å². The fourth-order valence-corrected chi connectivity index (χ4v) is 5.35. The largest absolute Gasteiger partial charge is 0.507 e. The maximum atomic E-state index is 12.4. The highest BCUT2D eigenvalue weighted by molar-refractivity contribution is 7.80. The number of phenols is 1. The van der Waals surface area contributed by atoms with Gasteiger partial charge in [-0.05, 0) is 79.3 Å². The van der Waals surface area contributed by atoms with Gasteiger partial charge in [-0.25, -0.2) is 4.98 Å². The van der Waals surface area contributed by atoms with Crippen molar-refractivity contribution in [2.45, 2.75) is 6.92 Å². The van der Waals surface area contributed by atoms with Gasteiger partial charge in [0.25, 0.3) is 0 Å². The Kier molecular flexibility index (Phi) is 7.49. The molecule has 2 heterocycles. The summed E-state index contributed by atoms with van der Waals surface area (Å²) in [5.41, 5.74) is 3.35. The van der Waals surface area contributed by atoms with Crippen LogP contribution in [0, 0.1) is 6.92 Å². The lowest BCUT2D eigenvalue weighted by Gasteiger charge is -2.12. The Morgan fingerprint density at radius 2 is 1.89 bits per heavy atom. The average Bonchev–Trinajstić information content (AvgIpc) is 3.53. The topological polar surface area (TPSA) is 87.4 Å². The minimum atomic E-state index is -0.442. The quantitative estimate of drug-likeness (QED) is 0.111. The van der Waals surface area contributed by atoms with E-state index in [0.29, 0.717) is 49.0 Å². The van der Waals surface area contributed by atoms with Crippen LogP contribution in [0.15, 0.2) is 77.2 Å². The molecule has 0 aliphatic heterocycles. The number of aromatic nitrogens is 1. The van der Waals surface area contributed by atoms with Crippen molar-refractivity contribution in [3.8, 4) is 27.6 Å². The first-order valence-corrected chi connectivity index (χ1v) is 13.3. The molecule has 38 heavy (non-hydrogen) atoms. The second-order valence-corrected chi connectivity index (χ2v) is 10.5. The average molecular weight is 581 g/mol. The fourth-order valence-electron chi connectivity index (χ4n) is 3.76. The highest BCUT2D eigenvalue weighted by Crippen LogP contribution is 2.39. The van der Waals surface area contributed by atoms with Crippen molar-refractivity contribution in [3.63, 3.8) is 0 Å². The van der Waals surface area contributed by atoms with Gasteiger partial charge in [-0.2, -0.15) is 0 Å². The van der Waals surface area contributed by atoms with Crippen molar-refractivity contribution in [1.82, 2.24) is 10.3 Å². The molecular weight excluding hydrogens is 561 g/mol. The molecule has 0 saturated heterocycles. The Morgan fingerprint density at radius 1 is 1.08 bits per heavy atom. The summed E-state index contributed by atoms with van der Waals surface area (Å²) >= 11 is 19.1. The molecule has 0 bridgehead atoms. The zero-order valence-corrected chi connectivity index (χ0v) is 22.9. The highest BCUT2D eigenvalue weighted by atomic mass is 35.5. The molecule has 0 aliphatic rings. The summed E-state index contributed by atoms with van der Waals surface area (Å²) < 4.78 is 6.79. The van der Waals surface area contributed by atoms with E-state index < -0.39 is 5.91 Å². The number of aryl methyl sites for hydroxylation is 1. The van der Waals surface area contributed by atoms with Gasteiger partial charge in [0.1, 0.15) is 22.3 Å². The van der Waals surface area contributed by atoms with E-state index in [0.717, 1.165) is 10.2 Å². The molecule has 0 unspecified atom stereocenters. The summed E-state index contributed by atoms with van der Waals surface area (Å²) in [6.45, 7) is 1.79. The third-order valence-electron chi connectivity index (χ3n) is 5.56. The third kappa shape index (κ3) is 5.58. The summed E-state index contributed by atoms with van der Waals surface area (Å²) in [5, 5.41) is 17.9. The first-order valence-electron chi connectivity index (χ1n) is 11.3. The zero-order valence-electron chi connectivity index (χ0n) is 19.8. The first-order chi connectivity index (χ1) is 18.3. The van der Waals surface area contributed by atoms with Crippen LogP contribution in [0.4, 0.5) is 5.69 Å². The van der Waals surface area contributed by atoms with Gasteiger partial charge in [-0.15, -0.1) is 11.3 Å². The molecule has 1 amide bonds. The number of carbonyl (C=O) groups is 1. The number of para-hydroxylation sites is 1. The van der Waals surface area contributed by atoms with Gasteiger partial charge in [-0.1, -0.05) is 41.4 Å². The summed E-state index contributed by atoms with van der Waals surface area (Å²) in [5.74, 6) is 0.689. The molecule has 0 atom stereocenters. The summed E-state index contributed by atoms with van der Waals surface area (Å²) in [6.07, 6.45) is 2.83. The van der Waals surface area contributed by atoms with Crippen LogP contribution in [-0.2, 0) is 4.79 Å². The molecule has 6 nitrogen and oxygen atoms in total. The number of phenolic OH excluding ortho intramolecular Hbond substituents is 1. The maximum absolute atomic E-state index is 12.4. The van der Waals surface area contributed by atoms with Crippen LogP contribution in [-0.4, -0.2) is 21.1 Å². The predicted molar refractivity (Wildman–Crippen MR) is 159 cm³/mol. The Bertz CT molecular complexity index is 1690. The van der Waals surface area contributed by atoms with E-state index in [9.17, 15) is 9.90 Å². The molecule has 0 spiro atoms. The number of furan rings is 1. The number of thiazole rings is 1. The van der Waals surface area contributed by atoms with Crippen molar-refractivity contribution < 1.29 is 14.3 Å². The highest BCUT2D eigenvalue weighted by Gasteiger charge is 2.15. The number of halogens is 2. The van der Waals surface area contributed by atoms with Gasteiger partial charge in [0.2, 0.25) is 5.91 Å². The minimum Gasteiger partial charge on any atom is -0.507 e. The number of amides is 1. The smallest absolute Gasteiger partial charge is 0.250 e. The summed E-state index contributed by atoms with van der Waals surface area (Å²) in [6, 6.07) is 20.0. The van der Waals surface area contributed by atoms with Crippen molar-refractivity contribution in [1.29, 1.82) is 0 Å². The molecule has 3 aromatic carbocycles. The van der Waals surface area contributed by atoms with Crippen LogP contribution in [0.1, 0.15) is 11.3 Å². The Labute approximate surface area is 237 Å². The van der Waals surface area contributed by atoms with Crippen LogP contribution in [0.2, 0.25) is 10.0 Å². The van der Waals surface area contributed by atoms with E-state index in [1.807, 2.05) is 24.3 Å². The van der Waals surface area contributed by atoms with E-state index >= 15 is 0 Å². The van der Waals surface area contributed by atoms with Gasteiger partial charge in [0.05, 0.1) is 25.8 Å². The number of thiocarbonyl (C=S) groups is 1. The minimum absolute atomic E-state index is 0.103. The van der Waals surface area contributed by atoms with Gasteiger partial charge in [-0.3, -0.25) is 10.1 Å². The molecule has 0 aliphatic carbocycles. The van der Waals surface area contributed by atoms with Gasteiger partial charge in [0, 0.05) is 17.3 Å². The number of nitrogens with one attached hydrogen (secondary N) is 2. The maximum Gasteiger partial charge on any atom is 0.250 e. The molecule has 10 heteroatoms. The van der Waals surface area contributed by atoms with E-state index in [-0.39, 0.29) is 10.9 Å². The van der Waals surface area contributed by atoms with Crippen molar-refractivity contribution >= 4 is 79.8 Å². The molecule has 190 valence electrons. The zero-order chi connectivity index (χ0) is 26.8. The number of nitrogens with zero attached hydrogens (tertiary/aromatic N) is 1. The lowest BCUT2D eigenvalue weighted by molar-refractivity contribution is -0.115. The number of fused-ring (bicyclic) bond motifs is 1. The van der Waals surface area contributed by atoms with Crippen LogP contribution in [0.25, 0.3) is 38.2 Å². The van der Waals surface area contributed by atoms with E-state index in [2.05, 4.69) is 15.6 Å². The van der Waals surface area contributed by atoms with Gasteiger partial charge in [0.15, 0.2) is 5.11 Å². The van der Waals surface area contributed by atoms with Crippen molar-refractivity contribution in [2.75, 3.05) is 5.32 Å². The van der Waals surface area contributed by atoms with Crippen LogP contribution in [0.3, 0.4) is 0 Å². The molecular formula is C28H19Cl2N3O3S2. The second kappa shape index (κ2) is 11.0. The SMILES string of the molecule is Cc1cc(NC(=S)NC(=O)C=Cc2ccc(-c3cccc(Cl)c3Cl)o2)cc(-c2nc3ccccc3s2)c1O. The number of aromatic hydroxyl groups is 1. The third-order valence-corrected chi connectivity index (χ3v) is 7.65. The number of hydrogen-bond donors (Lipinski definition) is 3. The van der Waals surface area contributed by atoms with E-state index in [4.69, 9.17) is 39.8 Å². The van der Waals surface area contributed by atoms with Crippen LogP contribution in [0.5, 0.6) is 5.75 Å². The Hall–Kier alpha value is -3.69. The monoisotopic (exact) mass is 579 g/mol. The van der Waals surface area contributed by atoms with E-state index in [1.54, 1.807) is 49.4 Å². The van der Waals surface area contributed by atoms with Gasteiger partial charge < -0.3 is 14.8 Å².